The molecule has 3 heteroatoms. The molecule has 3 nitrogen and oxygen atoms in total. The van der Waals surface area contributed by atoms with E-state index in [9.17, 15) is 0 Å². The molecule has 2 saturated carbocycles. The van der Waals surface area contributed by atoms with E-state index in [1.165, 1.54) is 32.1 Å². The molecule has 3 rings (SSSR count). The molecule has 0 aromatic carbocycles. The molecule has 7 unspecified atom stereocenters. The summed E-state index contributed by atoms with van der Waals surface area (Å²) in [6.45, 7) is 2.19. The lowest BCUT2D eigenvalue weighted by molar-refractivity contribution is -0.134. The predicted molar refractivity (Wildman–Crippen MR) is 69.2 cm³/mol. The van der Waals surface area contributed by atoms with Crippen LogP contribution in [0.25, 0.3) is 0 Å². The minimum atomic E-state index is -0.00877. The van der Waals surface area contributed by atoms with Crippen LogP contribution in [0.1, 0.15) is 39.0 Å². The number of methoxy groups -OCH3 is 2. The van der Waals surface area contributed by atoms with Gasteiger partial charge in [-0.2, -0.15) is 0 Å². The second kappa shape index (κ2) is 5.10. The molecule has 0 radical (unpaired) electrons. The van der Waals surface area contributed by atoms with E-state index in [0.29, 0.717) is 17.9 Å². The standard InChI is InChI=1S/C15H26O3/c1-9-13-12(15(17-3)18-9)8-10-6-4-5-7-11(10)14(13)16-2/h9-15H,4-8H2,1-3H3. The average Bonchev–Trinajstić information content (AvgIpc) is 2.73. The lowest BCUT2D eigenvalue weighted by atomic mass is 9.61. The first-order valence-electron chi connectivity index (χ1n) is 7.47. The van der Waals surface area contributed by atoms with Crippen LogP contribution < -0.4 is 0 Å². The molecule has 0 spiro atoms. The van der Waals surface area contributed by atoms with Crippen molar-refractivity contribution in [1.82, 2.24) is 0 Å². The third-order valence-electron chi connectivity index (χ3n) is 5.58. The Morgan fingerprint density at radius 2 is 1.78 bits per heavy atom. The highest BCUT2D eigenvalue weighted by atomic mass is 16.7. The molecule has 0 aromatic rings. The summed E-state index contributed by atoms with van der Waals surface area (Å²) in [7, 11) is 3.65. The Morgan fingerprint density at radius 1 is 1.00 bits per heavy atom. The summed E-state index contributed by atoms with van der Waals surface area (Å²) in [5.74, 6) is 2.65. The molecule has 7 atom stereocenters. The number of rotatable bonds is 2. The molecule has 2 aliphatic carbocycles. The number of hydrogen-bond donors (Lipinski definition) is 0. The zero-order valence-corrected chi connectivity index (χ0v) is 11.8. The zero-order chi connectivity index (χ0) is 12.7. The van der Waals surface area contributed by atoms with Crippen LogP contribution in [0.3, 0.4) is 0 Å². The van der Waals surface area contributed by atoms with Gasteiger partial charge in [-0.25, -0.2) is 0 Å². The van der Waals surface area contributed by atoms with Gasteiger partial charge in [-0.1, -0.05) is 19.3 Å². The topological polar surface area (TPSA) is 27.7 Å². The Bertz CT molecular complexity index is 293. The van der Waals surface area contributed by atoms with Gasteiger partial charge in [0.15, 0.2) is 6.29 Å². The maximum Gasteiger partial charge on any atom is 0.160 e. The summed E-state index contributed by atoms with van der Waals surface area (Å²) in [5.41, 5.74) is 0. The highest BCUT2D eigenvalue weighted by molar-refractivity contribution is 5.00. The van der Waals surface area contributed by atoms with Crippen LogP contribution in [0, 0.1) is 23.7 Å². The molecule has 3 aliphatic rings. The van der Waals surface area contributed by atoms with Gasteiger partial charge in [-0.05, 0) is 31.6 Å². The first-order chi connectivity index (χ1) is 8.76. The van der Waals surface area contributed by atoms with Crippen molar-refractivity contribution in [3.05, 3.63) is 0 Å². The largest absolute Gasteiger partial charge is 0.381 e. The van der Waals surface area contributed by atoms with E-state index in [0.717, 1.165) is 11.8 Å². The van der Waals surface area contributed by atoms with Crippen LogP contribution >= 0.6 is 0 Å². The van der Waals surface area contributed by atoms with Gasteiger partial charge in [0.05, 0.1) is 12.2 Å². The summed E-state index contributed by atoms with van der Waals surface area (Å²) in [4.78, 5) is 0. The van der Waals surface area contributed by atoms with Crippen LogP contribution in [-0.4, -0.2) is 32.7 Å². The van der Waals surface area contributed by atoms with Gasteiger partial charge in [-0.15, -0.1) is 0 Å². The third-order valence-corrected chi connectivity index (χ3v) is 5.58. The van der Waals surface area contributed by atoms with Gasteiger partial charge in [-0.3, -0.25) is 0 Å². The zero-order valence-electron chi connectivity index (χ0n) is 11.8. The van der Waals surface area contributed by atoms with Crippen molar-refractivity contribution in [2.75, 3.05) is 14.2 Å². The highest BCUT2D eigenvalue weighted by Crippen LogP contribution is 2.52. The van der Waals surface area contributed by atoms with Crippen molar-refractivity contribution in [3.8, 4) is 0 Å². The number of fused-ring (bicyclic) bond motifs is 2. The average molecular weight is 254 g/mol. The lowest BCUT2D eigenvalue weighted by Crippen LogP contribution is -2.48. The summed E-state index contributed by atoms with van der Waals surface area (Å²) in [6.07, 6.45) is 7.40. The van der Waals surface area contributed by atoms with Crippen molar-refractivity contribution in [1.29, 1.82) is 0 Å². The SMILES string of the molecule is COC1OC(C)C2C1CC1CCCCC1C2OC. The third kappa shape index (κ3) is 1.91. The molecule has 18 heavy (non-hydrogen) atoms. The van der Waals surface area contributed by atoms with Gasteiger partial charge < -0.3 is 14.2 Å². The predicted octanol–water partition coefficient (Wildman–Crippen LogP) is 2.84. The van der Waals surface area contributed by atoms with E-state index in [-0.39, 0.29) is 12.4 Å². The lowest BCUT2D eigenvalue weighted by Gasteiger charge is -2.47. The maximum atomic E-state index is 5.99. The van der Waals surface area contributed by atoms with Gasteiger partial charge >= 0.3 is 0 Å². The van der Waals surface area contributed by atoms with Crippen LogP contribution in [0.2, 0.25) is 0 Å². The Hall–Kier alpha value is -0.120. The van der Waals surface area contributed by atoms with E-state index >= 15 is 0 Å². The fourth-order valence-corrected chi connectivity index (χ4v) is 4.87. The quantitative estimate of drug-likeness (QED) is 0.758. The van der Waals surface area contributed by atoms with Gasteiger partial charge in [0, 0.05) is 26.1 Å². The number of hydrogen-bond acceptors (Lipinski definition) is 3. The normalized spacial score (nSPS) is 51.8. The van der Waals surface area contributed by atoms with Crippen molar-refractivity contribution < 1.29 is 14.2 Å². The van der Waals surface area contributed by atoms with Crippen molar-refractivity contribution in [2.24, 2.45) is 23.7 Å². The van der Waals surface area contributed by atoms with Gasteiger partial charge in [0.25, 0.3) is 0 Å². The molecule has 1 heterocycles. The molecular formula is C15H26O3. The molecular weight excluding hydrogens is 228 g/mol. The summed E-state index contributed by atoms with van der Waals surface area (Å²) >= 11 is 0. The number of ether oxygens (including phenoxy) is 3. The Balaban J connectivity index is 1.85. The summed E-state index contributed by atoms with van der Waals surface area (Å²) in [5, 5.41) is 0. The molecule has 0 aromatic heterocycles. The summed E-state index contributed by atoms with van der Waals surface area (Å²) < 4.78 is 17.4. The second-order valence-corrected chi connectivity index (χ2v) is 6.33. The fraction of sp³-hybridized carbons (Fsp3) is 1.00. The molecule has 0 amide bonds. The highest BCUT2D eigenvalue weighted by Gasteiger charge is 2.54. The molecule has 3 fully saturated rings. The fourth-order valence-electron chi connectivity index (χ4n) is 4.87. The smallest absolute Gasteiger partial charge is 0.160 e. The molecule has 1 saturated heterocycles. The van der Waals surface area contributed by atoms with E-state index in [1.54, 1.807) is 7.11 Å². The van der Waals surface area contributed by atoms with Crippen molar-refractivity contribution >= 4 is 0 Å². The second-order valence-electron chi connectivity index (χ2n) is 6.33. The summed E-state index contributed by atoms with van der Waals surface area (Å²) in [6, 6.07) is 0. The van der Waals surface area contributed by atoms with Gasteiger partial charge in [0.1, 0.15) is 0 Å². The van der Waals surface area contributed by atoms with E-state index in [4.69, 9.17) is 14.2 Å². The maximum absolute atomic E-state index is 5.99. The minimum absolute atomic E-state index is 0.00877. The van der Waals surface area contributed by atoms with Crippen molar-refractivity contribution in [3.63, 3.8) is 0 Å². The minimum Gasteiger partial charge on any atom is -0.381 e. The van der Waals surface area contributed by atoms with Crippen LogP contribution in [-0.2, 0) is 14.2 Å². The Morgan fingerprint density at radius 3 is 2.50 bits per heavy atom. The Kier molecular flexibility index (Phi) is 3.65. The van der Waals surface area contributed by atoms with E-state index in [1.807, 2.05) is 7.11 Å². The van der Waals surface area contributed by atoms with E-state index < -0.39 is 0 Å². The first kappa shape index (κ1) is 12.9. The molecule has 104 valence electrons. The van der Waals surface area contributed by atoms with Crippen LogP contribution in [0.4, 0.5) is 0 Å². The van der Waals surface area contributed by atoms with Crippen molar-refractivity contribution in [2.45, 2.75) is 57.5 Å². The molecule has 1 aliphatic heterocycles. The van der Waals surface area contributed by atoms with Gasteiger partial charge in [0.2, 0.25) is 0 Å². The van der Waals surface area contributed by atoms with Crippen LogP contribution in [0.15, 0.2) is 0 Å². The Labute approximate surface area is 110 Å². The first-order valence-corrected chi connectivity index (χ1v) is 7.47. The van der Waals surface area contributed by atoms with Crippen LogP contribution in [0.5, 0.6) is 0 Å². The monoisotopic (exact) mass is 254 g/mol. The molecule has 0 N–H and O–H groups in total. The van der Waals surface area contributed by atoms with E-state index in [2.05, 4.69) is 6.92 Å². The molecule has 0 bridgehead atoms.